The Morgan fingerprint density at radius 3 is 2.63 bits per heavy atom. The molecule has 0 radical (unpaired) electrons. The molecule has 0 fully saturated rings. The van der Waals surface area contributed by atoms with E-state index in [1.54, 1.807) is 18.9 Å². The van der Waals surface area contributed by atoms with E-state index in [-0.39, 0.29) is 5.91 Å². The first-order valence-corrected chi connectivity index (χ1v) is 10.9. The Bertz CT molecular complexity index is 1260. The van der Waals surface area contributed by atoms with Gasteiger partial charge < -0.3 is 15.0 Å². The SMILES string of the molecule is COc1cccc2c1ccc1nc3cc(SC)cc(C(=O)NCCN(C)C)c3nc12. The molecule has 0 saturated carbocycles. The molecule has 0 unspecified atom stereocenters. The summed E-state index contributed by atoms with van der Waals surface area (Å²) >= 11 is 1.58. The van der Waals surface area contributed by atoms with E-state index in [0.717, 1.165) is 39.0 Å². The number of thioether (sulfide) groups is 1. The Hall–Kier alpha value is -2.90. The molecular weight excluding hydrogens is 396 g/mol. The van der Waals surface area contributed by atoms with Crippen molar-refractivity contribution in [2.24, 2.45) is 0 Å². The summed E-state index contributed by atoms with van der Waals surface area (Å²) in [5.74, 6) is 0.653. The number of nitrogens with zero attached hydrogens (tertiary/aromatic N) is 3. The highest BCUT2D eigenvalue weighted by Gasteiger charge is 2.16. The first-order valence-electron chi connectivity index (χ1n) is 9.70. The van der Waals surface area contributed by atoms with Gasteiger partial charge in [0.05, 0.1) is 29.2 Å². The van der Waals surface area contributed by atoms with Crippen LogP contribution >= 0.6 is 11.8 Å². The number of fused-ring (bicyclic) bond motifs is 4. The third-order valence-electron chi connectivity index (χ3n) is 5.04. The summed E-state index contributed by atoms with van der Waals surface area (Å²) in [4.78, 5) is 25.8. The minimum Gasteiger partial charge on any atom is -0.496 e. The molecule has 1 amide bonds. The second-order valence-corrected chi connectivity index (χ2v) is 8.19. The smallest absolute Gasteiger partial charge is 0.253 e. The number of hydrogen-bond donors (Lipinski definition) is 1. The van der Waals surface area contributed by atoms with Crippen molar-refractivity contribution in [1.82, 2.24) is 20.2 Å². The number of nitrogens with one attached hydrogen (secondary N) is 1. The first kappa shape index (κ1) is 20.4. The number of likely N-dealkylation sites (N-methyl/N-ethyl adjacent to an activating group) is 1. The van der Waals surface area contributed by atoms with Gasteiger partial charge in [-0.25, -0.2) is 9.97 Å². The van der Waals surface area contributed by atoms with E-state index in [9.17, 15) is 4.79 Å². The number of benzene rings is 3. The second-order valence-electron chi connectivity index (χ2n) is 7.31. The Morgan fingerprint density at radius 2 is 1.90 bits per heavy atom. The highest BCUT2D eigenvalue weighted by Crippen LogP contribution is 2.32. The summed E-state index contributed by atoms with van der Waals surface area (Å²) in [6.45, 7) is 1.34. The van der Waals surface area contributed by atoms with Crippen LogP contribution in [-0.4, -0.2) is 61.3 Å². The monoisotopic (exact) mass is 420 g/mol. The van der Waals surface area contributed by atoms with Crippen molar-refractivity contribution in [2.45, 2.75) is 4.90 Å². The van der Waals surface area contributed by atoms with Gasteiger partial charge in [-0.15, -0.1) is 11.8 Å². The highest BCUT2D eigenvalue weighted by molar-refractivity contribution is 7.98. The zero-order valence-electron chi connectivity index (χ0n) is 17.5. The molecule has 0 saturated heterocycles. The maximum Gasteiger partial charge on any atom is 0.253 e. The zero-order chi connectivity index (χ0) is 21.3. The number of hydrogen-bond acceptors (Lipinski definition) is 6. The van der Waals surface area contributed by atoms with Crippen LogP contribution in [0, 0.1) is 0 Å². The number of methoxy groups -OCH3 is 1. The molecule has 1 heterocycles. The van der Waals surface area contributed by atoms with Crippen molar-refractivity contribution in [1.29, 1.82) is 0 Å². The van der Waals surface area contributed by atoms with E-state index in [0.29, 0.717) is 23.1 Å². The molecule has 1 aromatic heterocycles. The quantitative estimate of drug-likeness (QED) is 0.289. The van der Waals surface area contributed by atoms with Gasteiger partial charge in [-0.2, -0.15) is 0 Å². The maximum atomic E-state index is 13.0. The fraction of sp³-hybridized carbons (Fsp3) is 0.261. The van der Waals surface area contributed by atoms with Gasteiger partial charge in [-0.1, -0.05) is 12.1 Å². The standard InChI is InChI=1S/C23H24N4O2S/c1-27(2)11-10-24-23(28)17-12-14(30-4)13-19-22(17)26-21-16-6-5-7-20(29-3)15(16)8-9-18(21)25-19/h5-9,12-13H,10-11H2,1-4H3,(H,24,28). The average Bonchev–Trinajstić information content (AvgIpc) is 2.75. The van der Waals surface area contributed by atoms with Gasteiger partial charge >= 0.3 is 0 Å². The van der Waals surface area contributed by atoms with Gasteiger partial charge in [0.1, 0.15) is 11.3 Å². The number of carbonyl (C=O) groups is 1. The topological polar surface area (TPSA) is 67.3 Å². The van der Waals surface area contributed by atoms with Crippen molar-refractivity contribution >= 4 is 50.5 Å². The molecule has 4 aromatic rings. The van der Waals surface area contributed by atoms with E-state index in [4.69, 9.17) is 14.7 Å². The predicted molar refractivity (Wildman–Crippen MR) is 124 cm³/mol. The van der Waals surface area contributed by atoms with Crippen molar-refractivity contribution in [3.63, 3.8) is 0 Å². The molecular formula is C23H24N4O2S. The molecule has 1 N–H and O–H groups in total. The second kappa shape index (κ2) is 8.45. The molecule has 0 aliphatic carbocycles. The summed E-state index contributed by atoms with van der Waals surface area (Å²) in [5, 5.41) is 4.92. The van der Waals surface area contributed by atoms with E-state index in [1.807, 2.05) is 67.7 Å². The molecule has 0 atom stereocenters. The van der Waals surface area contributed by atoms with Gasteiger partial charge in [-0.05, 0) is 50.7 Å². The van der Waals surface area contributed by atoms with Crippen molar-refractivity contribution in [2.75, 3.05) is 40.6 Å². The molecule has 30 heavy (non-hydrogen) atoms. The number of carbonyl (C=O) groups excluding carboxylic acids is 1. The van der Waals surface area contributed by atoms with Crippen LogP contribution in [0.25, 0.3) is 32.8 Å². The van der Waals surface area contributed by atoms with Gasteiger partial charge in [0.25, 0.3) is 5.91 Å². The fourth-order valence-electron chi connectivity index (χ4n) is 3.50. The Kier molecular flexibility index (Phi) is 5.74. The first-order chi connectivity index (χ1) is 14.5. The Morgan fingerprint density at radius 1 is 1.07 bits per heavy atom. The van der Waals surface area contributed by atoms with Crippen LogP contribution < -0.4 is 10.1 Å². The van der Waals surface area contributed by atoms with Crippen LogP contribution in [0.5, 0.6) is 5.75 Å². The molecule has 0 aliphatic heterocycles. The largest absolute Gasteiger partial charge is 0.496 e. The minimum absolute atomic E-state index is 0.135. The van der Waals surface area contributed by atoms with Crippen LogP contribution in [0.15, 0.2) is 47.4 Å². The summed E-state index contributed by atoms with van der Waals surface area (Å²) in [6.07, 6.45) is 1.99. The van der Waals surface area contributed by atoms with Crippen LogP contribution in [0.2, 0.25) is 0 Å². The molecule has 0 aliphatic rings. The molecule has 6 nitrogen and oxygen atoms in total. The zero-order valence-corrected chi connectivity index (χ0v) is 18.3. The lowest BCUT2D eigenvalue weighted by Gasteiger charge is -2.13. The molecule has 154 valence electrons. The van der Waals surface area contributed by atoms with Crippen molar-refractivity contribution < 1.29 is 9.53 Å². The summed E-state index contributed by atoms with van der Waals surface area (Å²) in [6, 6.07) is 13.7. The Balaban J connectivity index is 1.92. The minimum atomic E-state index is -0.135. The summed E-state index contributed by atoms with van der Waals surface area (Å²) in [7, 11) is 5.62. The lowest BCUT2D eigenvalue weighted by molar-refractivity contribution is 0.0952. The third kappa shape index (κ3) is 3.78. The number of aromatic nitrogens is 2. The van der Waals surface area contributed by atoms with Crippen LogP contribution in [-0.2, 0) is 0 Å². The van der Waals surface area contributed by atoms with Gasteiger partial charge in [-0.3, -0.25) is 4.79 Å². The van der Waals surface area contributed by atoms with E-state index in [2.05, 4.69) is 5.32 Å². The molecule has 3 aromatic carbocycles. The van der Waals surface area contributed by atoms with Crippen LogP contribution in [0.4, 0.5) is 0 Å². The molecule has 0 bridgehead atoms. The van der Waals surface area contributed by atoms with Crippen molar-refractivity contribution in [3.05, 3.63) is 48.0 Å². The summed E-state index contributed by atoms with van der Waals surface area (Å²) < 4.78 is 5.50. The average molecular weight is 421 g/mol. The number of rotatable bonds is 6. The van der Waals surface area contributed by atoms with E-state index >= 15 is 0 Å². The maximum absolute atomic E-state index is 13.0. The number of ether oxygens (including phenoxy) is 1. The van der Waals surface area contributed by atoms with E-state index in [1.165, 1.54) is 0 Å². The van der Waals surface area contributed by atoms with Gasteiger partial charge in [0, 0.05) is 28.8 Å². The van der Waals surface area contributed by atoms with Crippen molar-refractivity contribution in [3.8, 4) is 5.75 Å². The van der Waals surface area contributed by atoms with Gasteiger partial charge in [0.15, 0.2) is 0 Å². The molecule has 4 rings (SSSR count). The third-order valence-corrected chi connectivity index (χ3v) is 5.75. The lowest BCUT2D eigenvalue weighted by Crippen LogP contribution is -2.31. The molecule has 7 heteroatoms. The fourth-order valence-corrected chi connectivity index (χ4v) is 3.97. The number of amides is 1. The lowest BCUT2D eigenvalue weighted by atomic mass is 10.1. The molecule has 0 spiro atoms. The highest BCUT2D eigenvalue weighted by atomic mass is 32.2. The van der Waals surface area contributed by atoms with E-state index < -0.39 is 0 Å². The van der Waals surface area contributed by atoms with Crippen LogP contribution in [0.1, 0.15) is 10.4 Å². The Labute approximate surface area is 179 Å². The van der Waals surface area contributed by atoms with Gasteiger partial charge in [0.2, 0.25) is 0 Å². The summed E-state index contributed by atoms with van der Waals surface area (Å²) in [5.41, 5.74) is 3.43. The normalized spacial score (nSPS) is 11.5. The predicted octanol–water partition coefficient (Wildman–Crippen LogP) is 3.96. The van der Waals surface area contributed by atoms with Crippen LogP contribution in [0.3, 0.4) is 0 Å².